The lowest BCUT2D eigenvalue weighted by Gasteiger charge is -2.60. The first-order valence-electron chi connectivity index (χ1n) is 10.8. The zero-order valence-electron chi connectivity index (χ0n) is 16.6. The predicted octanol–water partition coefficient (Wildman–Crippen LogP) is 2.69. The van der Waals surface area contributed by atoms with E-state index in [-0.39, 0.29) is 23.7 Å². The van der Waals surface area contributed by atoms with Crippen LogP contribution in [0.2, 0.25) is 0 Å². The minimum atomic E-state index is -0.783. The van der Waals surface area contributed by atoms with Crippen LogP contribution in [0.3, 0.4) is 0 Å². The average Bonchev–Trinajstić information content (AvgIpc) is 3.24. The largest absolute Gasteiger partial charge is 0.354 e. The Kier molecular flexibility index (Phi) is 4.64. The van der Waals surface area contributed by atoms with Gasteiger partial charge in [0.2, 0.25) is 5.91 Å². The monoisotopic (exact) mass is 392 g/mol. The van der Waals surface area contributed by atoms with Crippen LogP contribution in [0.5, 0.6) is 0 Å². The first-order chi connectivity index (χ1) is 14.1. The molecule has 2 aromatic rings. The average molecular weight is 393 g/mol. The number of rotatable bonds is 6. The van der Waals surface area contributed by atoms with Gasteiger partial charge < -0.3 is 15.6 Å². The maximum absolute atomic E-state index is 13.6. The van der Waals surface area contributed by atoms with Gasteiger partial charge in [-0.1, -0.05) is 18.2 Å². The van der Waals surface area contributed by atoms with Gasteiger partial charge in [-0.3, -0.25) is 9.59 Å². The molecule has 4 bridgehead atoms. The Morgan fingerprint density at radius 2 is 1.72 bits per heavy atom. The number of aromatic amines is 1. The third-order valence-electron chi connectivity index (χ3n) is 7.39. The van der Waals surface area contributed by atoms with Crippen molar-refractivity contribution in [1.82, 2.24) is 20.6 Å². The zero-order chi connectivity index (χ0) is 19.8. The van der Waals surface area contributed by atoms with Crippen molar-refractivity contribution in [2.75, 3.05) is 6.54 Å². The van der Waals surface area contributed by atoms with E-state index >= 15 is 0 Å². The van der Waals surface area contributed by atoms with Crippen LogP contribution in [0, 0.1) is 23.7 Å². The lowest BCUT2D eigenvalue weighted by atomic mass is 9.48. The number of H-pyrrole nitrogens is 1. The van der Waals surface area contributed by atoms with E-state index in [1.165, 1.54) is 6.42 Å². The Morgan fingerprint density at radius 1 is 1.03 bits per heavy atom. The first kappa shape index (κ1) is 18.4. The summed E-state index contributed by atoms with van der Waals surface area (Å²) in [5, 5.41) is 6.41. The molecule has 1 heterocycles. The lowest BCUT2D eigenvalue weighted by molar-refractivity contribution is -0.145. The van der Waals surface area contributed by atoms with Crippen molar-refractivity contribution < 1.29 is 9.59 Å². The fraction of sp³-hybridized carbons (Fsp3) is 0.522. The second-order valence-electron chi connectivity index (χ2n) is 9.08. The molecule has 4 saturated carbocycles. The summed E-state index contributed by atoms with van der Waals surface area (Å²) in [7, 11) is 0. The van der Waals surface area contributed by atoms with Gasteiger partial charge in [-0.2, -0.15) is 0 Å². The van der Waals surface area contributed by atoms with Crippen LogP contribution >= 0.6 is 0 Å². The van der Waals surface area contributed by atoms with Gasteiger partial charge in [0, 0.05) is 30.4 Å². The molecule has 2 amide bonds. The van der Waals surface area contributed by atoms with Gasteiger partial charge in [-0.15, -0.1) is 0 Å². The number of carbonyl (C=O) groups excluding carboxylic acids is 2. The Morgan fingerprint density at radius 3 is 2.34 bits per heavy atom. The number of nitrogens with one attached hydrogen (secondary N) is 3. The fourth-order valence-corrected chi connectivity index (χ4v) is 6.29. The van der Waals surface area contributed by atoms with E-state index in [4.69, 9.17) is 0 Å². The van der Waals surface area contributed by atoms with Gasteiger partial charge >= 0.3 is 0 Å². The van der Waals surface area contributed by atoms with Crippen molar-refractivity contribution in [2.24, 2.45) is 23.7 Å². The molecule has 4 aliphatic rings. The Balaban J connectivity index is 1.38. The van der Waals surface area contributed by atoms with E-state index in [2.05, 4.69) is 20.6 Å². The molecule has 4 aliphatic carbocycles. The van der Waals surface area contributed by atoms with Gasteiger partial charge in [0.25, 0.3) is 5.91 Å². The molecule has 1 aromatic heterocycles. The summed E-state index contributed by atoms with van der Waals surface area (Å²) < 4.78 is 0. The number of carbonyl (C=O) groups is 2. The topological polar surface area (TPSA) is 86.9 Å². The Bertz CT molecular complexity index is 850. The third-order valence-corrected chi connectivity index (χ3v) is 7.39. The Labute approximate surface area is 170 Å². The zero-order valence-corrected chi connectivity index (χ0v) is 16.6. The highest BCUT2D eigenvalue weighted by molar-refractivity contribution is 5.99. The van der Waals surface area contributed by atoms with E-state index in [0.29, 0.717) is 18.5 Å². The van der Waals surface area contributed by atoms with Crippen LogP contribution in [0.25, 0.3) is 0 Å². The molecule has 3 N–H and O–H groups in total. The van der Waals surface area contributed by atoms with E-state index in [1.54, 1.807) is 12.5 Å². The standard InChI is InChI=1S/C23H28N4O2/c28-21(17-4-2-1-3-5-17)27-23(22(29)25-7-6-20-13-24-14-26-20)18-9-15-8-16(11-18)12-19(23)10-15/h1-5,13-16,18-19H,6-12H2,(H,24,26)(H,25,29)(H,27,28). The molecule has 152 valence electrons. The fourth-order valence-electron chi connectivity index (χ4n) is 6.29. The second-order valence-corrected chi connectivity index (χ2v) is 9.08. The van der Waals surface area contributed by atoms with Crippen molar-refractivity contribution in [3.8, 4) is 0 Å². The summed E-state index contributed by atoms with van der Waals surface area (Å²) in [4.78, 5) is 33.8. The molecule has 1 aromatic carbocycles. The van der Waals surface area contributed by atoms with E-state index < -0.39 is 5.54 Å². The van der Waals surface area contributed by atoms with Crippen LogP contribution in [0.15, 0.2) is 42.9 Å². The highest BCUT2D eigenvalue weighted by atomic mass is 16.2. The quantitative estimate of drug-likeness (QED) is 0.706. The summed E-state index contributed by atoms with van der Waals surface area (Å²) in [6.45, 7) is 0.538. The van der Waals surface area contributed by atoms with Gasteiger partial charge in [0.15, 0.2) is 0 Å². The van der Waals surface area contributed by atoms with Crippen LogP contribution in [0.1, 0.15) is 48.2 Å². The first-order valence-corrected chi connectivity index (χ1v) is 10.8. The van der Waals surface area contributed by atoms with Crippen LogP contribution in [-0.4, -0.2) is 33.9 Å². The molecule has 6 rings (SSSR count). The van der Waals surface area contributed by atoms with E-state index in [0.717, 1.165) is 43.2 Å². The Hall–Kier alpha value is -2.63. The summed E-state index contributed by atoms with van der Waals surface area (Å²) in [5.41, 5.74) is 0.831. The molecule has 0 unspecified atom stereocenters. The number of imidazole rings is 1. The lowest BCUT2D eigenvalue weighted by Crippen LogP contribution is -2.72. The summed E-state index contributed by atoms with van der Waals surface area (Å²) >= 11 is 0. The number of nitrogens with zero attached hydrogens (tertiary/aromatic N) is 1. The number of hydrogen-bond acceptors (Lipinski definition) is 3. The van der Waals surface area contributed by atoms with Crippen LogP contribution in [0.4, 0.5) is 0 Å². The minimum Gasteiger partial charge on any atom is -0.354 e. The number of hydrogen-bond donors (Lipinski definition) is 3. The van der Waals surface area contributed by atoms with Gasteiger partial charge in [-0.05, 0) is 67.9 Å². The molecule has 6 heteroatoms. The second kappa shape index (κ2) is 7.32. The van der Waals surface area contributed by atoms with Crippen molar-refractivity contribution >= 4 is 11.8 Å². The molecule has 6 nitrogen and oxygen atoms in total. The van der Waals surface area contributed by atoms with Crippen molar-refractivity contribution in [2.45, 2.75) is 44.1 Å². The molecule has 0 spiro atoms. The molecular formula is C23H28N4O2. The summed E-state index contributed by atoms with van der Waals surface area (Å²) in [6, 6.07) is 9.26. The maximum atomic E-state index is 13.6. The number of benzene rings is 1. The van der Waals surface area contributed by atoms with Gasteiger partial charge in [0.05, 0.1) is 6.33 Å². The molecule has 0 aliphatic heterocycles. The van der Waals surface area contributed by atoms with Crippen molar-refractivity contribution in [1.29, 1.82) is 0 Å². The smallest absolute Gasteiger partial charge is 0.252 e. The molecule has 29 heavy (non-hydrogen) atoms. The highest BCUT2D eigenvalue weighted by Crippen LogP contribution is 2.58. The normalized spacial score (nSPS) is 32.1. The van der Waals surface area contributed by atoms with Crippen molar-refractivity contribution in [3.63, 3.8) is 0 Å². The van der Waals surface area contributed by atoms with E-state index in [9.17, 15) is 9.59 Å². The molecular weight excluding hydrogens is 364 g/mol. The summed E-state index contributed by atoms with van der Waals surface area (Å²) in [5.74, 6) is 1.77. The number of aromatic nitrogens is 2. The van der Waals surface area contributed by atoms with Gasteiger partial charge in [0.1, 0.15) is 5.54 Å². The van der Waals surface area contributed by atoms with Gasteiger partial charge in [-0.25, -0.2) is 4.98 Å². The number of amides is 2. The highest BCUT2D eigenvalue weighted by Gasteiger charge is 2.61. The predicted molar refractivity (Wildman–Crippen MR) is 109 cm³/mol. The SMILES string of the molecule is O=C(NC1(C(=O)NCCc2cnc[nH]2)C2CC3CC(C2)CC1C3)c1ccccc1. The molecule has 4 fully saturated rings. The van der Waals surface area contributed by atoms with E-state index in [1.807, 2.05) is 30.3 Å². The molecule has 0 saturated heterocycles. The molecule has 0 radical (unpaired) electrons. The third kappa shape index (κ3) is 3.24. The summed E-state index contributed by atoms with van der Waals surface area (Å²) in [6.07, 6.45) is 9.64. The van der Waals surface area contributed by atoms with Crippen molar-refractivity contribution in [3.05, 3.63) is 54.1 Å². The maximum Gasteiger partial charge on any atom is 0.252 e. The van der Waals surface area contributed by atoms with Crippen LogP contribution < -0.4 is 10.6 Å². The van der Waals surface area contributed by atoms with Crippen LogP contribution in [-0.2, 0) is 11.2 Å². The molecule has 0 atom stereocenters. The minimum absolute atomic E-state index is 0.00454.